The van der Waals surface area contributed by atoms with Crippen LogP contribution in [0.1, 0.15) is 17.0 Å². The van der Waals surface area contributed by atoms with Crippen molar-refractivity contribution in [3.05, 3.63) is 35.2 Å². The van der Waals surface area contributed by atoms with Crippen molar-refractivity contribution in [1.82, 2.24) is 10.1 Å². The van der Waals surface area contributed by atoms with Crippen molar-refractivity contribution >= 4 is 11.6 Å². The molecule has 0 saturated carbocycles. The zero-order valence-electron chi connectivity index (χ0n) is 10.2. The summed E-state index contributed by atoms with van der Waals surface area (Å²) in [5, 5.41) is 10.2. The van der Waals surface area contributed by atoms with Gasteiger partial charge in [0, 0.05) is 19.2 Å². The van der Waals surface area contributed by atoms with Gasteiger partial charge in [-0.05, 0) is 26.0 Å². The van der Waals surface area contributed by atoms with E-state index in [0.29, 0.717) is 6.54 Å². The highest BCUT2D eigenvalue weighted by Gasteiger charge is 2.08. The molecule has 2 N–H and O–H groups in total. The Hall–Kier alpha value is -2.04. The lowest BCUT2D eigenvalue weighted by Crippen LogP contribution is -2.04. The van der Waals surface area contributed by atoms with Gasteiger partial charge in [0.1, 0.15) is 17.4 Å². The van der Waals surface area contributed by atoms with Gasteiger partial charge < -0.3 is 15.2 Å². The van der Waals surface area contributed by atoms with Crippen LogP contribution in [0.2, 0.25) is 0 Å². The van der Waals surface area contributed by atoms with E-state index in [4.69, 9.17) is 4.52 Å². The molecule has 2 heterocycles. The van der Waals surface area contributed by atoms with Crippen molar-refractivity contribution in [1.29, 1.82) is 0 Å². The summed E-state index contributed by atoms with van der Waals surface area (Å²) in [7, 11) is 1.85. The van der Waals surface area contributed by atoms with Crippen LogP contribution in [0, 0.1) is 13.8 Å². The number of hydrogen-bond donors (Lipinski definition) is 2. The normalized spacial score (nSPS) is 10.3. The fourth-order valence-electron chi connectivity index (χ4n) is 1.61. The fourth-order valence-corrected chi connectivity index (χ4v) is 1.61. The maximum absolute atomic E-state index is 5.11. The number of aryl methyl sites for hydroxylation is 2. The standard InChI is InChI=1S/C12H16N4O/c1-8-10(9(2)17-16-8)7-14-12-6-4-5-11(13-3)15-12/h4-6H,7H2,1-3H3,(H2,13,14,15). The molecule has 2 aromatic heterocycles. The van der Waals surface area contributed by atoms with E-state index in [1.54, 1.807) is 0 Å². The molecule has 0 bridgehead atoms. The van der Waals surface area contributed by atoms with Crippen molar-refractivity contribution < 1.29 is 4.52 Å². The van der Waals surface area contributed by atoms with E-state index in [9.17, 15) is 0 Å². The average Bonchev–Trinajstić information content (AvgIpc) is 2.67. The number of pyridine rings is 1. The van der Waals surface area contributed by atoms with Gasteiger partial charge in [-0.15, -0.1) is 0 Å². The third kappa shape index (κ3) is 2.55. The summed E-state index contributed by atoms with van der Waals surface area (Å²) in [5.41, 5.74) is 2.00. The second kappa shape index (κ2) is 4.86. The monoisotopic (exact) mass is 232 g/mol. The summed E-state index contributed by atoms with van der Waals surface area (Å²) in [6.07, 6.45) is 0. The van der Waals surface area contributed by atoms with Crippen LogP contribution in [0.25, 0.3) is 0 Å². The third-order valence-corrected chi connectivity index (χ3v) is 2.63. The smallest absolute Gasteiger partial charge is 0.138 e. The predicted octanol–water partition coefficient (Wildman–Crippen LogP) is 2.34. The summed E-state index contributed by atoms with van der Waals surface area (Å²) in [4.78, 5) is 4.38. The van der Waals surface area contributed by atoms with Gasteiger partial charge in [0.05, 0.1) is 5.69 Å². The van der Waals surface area contributed by atoms with Gasteiger partial charge in [-0.1, -0.05) is 11.2 Å². The quantitative estimate of drug-likeness (QED) is 0.847. The molecule has 90 valence electrons. The highest BCUT2D eigenvalue weighted by molar-refractivity contribution is 5.45. The van der Waals surface area contributed by atoms with Gasteiger partial charge in [0.25, 0.3) is 0 Å². The first kappa shape index (κ1) is 11.4. The van der Waals surface area contributed by atoms with E-state index >= 15 is 0 Å². The number of nitrogens with zero attached hydrogens (tertiary/aromatic N) is 2. The molecule has 0 aliphatic carbocycles. The summed E-state index contributed by atoms with van der Waals surface area (Å²) in [6.45, 7) is 4.51. The van der Waals surface area contributed by atoms with E-state index in [2.05, 4.69) is 20.8 Å². The van der Waals surface area contributed by atoms with Crippen molar-refractivity contribution in [2.75, 3.05) is 17.7 Å². The molecule has 0 spiro atoms. The summed E-state index contributed by atoms with van der Waals surface area (Å²) in [5.74, 6) is 2.52. The molecule has 0 aromatic carbocycles. The minimum atomic E-state index is 0.668. The molecule has 0 aliphatic heterocycles. The average molecular weight is 232 g/mol. The van der Waals surface area contributed by atoms with Crippen LogP contribution in [0.5, 0.6) is 0 Å². The van der Waals surface area contributed by atoms with Gasteiger partial charge in [-0.25, -0.2) is 4.98 Å². The maximum Gasteiger partial charge on any atom is 0.138 e. The molecular formula is C12H16N4O. The Kier molecular flexibility index (Phi) is 3.27. The van der Waals surface area contributed by atoms with E-state index < -0.39 is 0 Å². The molecule has 0 unspecified atom stereocenters. The van der Waals surface area contributed by atoms with Crippen molar-refractivity contribution in [3.63, 3.8) is 0 Å². The minimum Gasteiger partial charge on any atom is -0.373 e. The molecular weight excluding hydrogens is 216 g/mol. The molecule has 0 aliphatic rings. The lowest BCUT2D eigenvalue weighted by Gasteiger charge is -2.06. The number of nitrogens with one attached hydrogen (secondary N) is 2. The summed E-state index contributed by atoms with van der Waals surface area (Å²) in [6, 6.07) is 5.80. The lowest BCUT2D eigenvalue weighted by molar-refractivity contribution is 0.392. The van der Waals surface area contributed by atoms with Crippen LogP contribution in [0.15, 0.2) is 22.7 Å². The Morgan fingerprint density at radius 2 is 2.00 bits per heavy atom. The van der Waals surface area contributed by atoms with Gasteiger partial charge in [-0.3, -0.25) is 0 Å². The minimum absolute atomic E-state index is 0.668. The Labute approximate surface area is 100 Å². The first-order valence-electron chi connectivity index (χ1n) is 5.51. The van der Waals surface area contributed by atoms with Gasteiger partial charge >= 0.3 is 0 Å². The number of hydrogen-bond acceptors (Lipinski definition) is 5. The number of aromatic nitrogens is 2. The van der Waals surface area contributed by atoms with Crippen LogP contribution in [0.3, 0.4) is 0 Å². The van der Waals surface area contributed by atoms with Crippen LogP contribution in [0.4, 0.5) is 11.6 Å². The Balaban J connectivity index is 2.07. The first-order chi connectivity index (χ1) is 8.20. The highest BCUT2D eigenvalue weighted by Crippen LogP contribution is 2.15. The number of anilines is 2. The van der Waals surface area contributed by atoms with Gasteiger partial charge in [0.15, 0.2) is 0 Å². The van der Waals surface area contributed by atoms with Crippen LogP contribution >= 0.6 is 0 Å². The van der Waals surface area contributed by atoms with Crippen LogP contribution in [-0.2, 0) is 6.54 Å². The lowest BCUT2D eigenvalue weighted by atomic mass is 10.2. The second-order valence-electron chi connectivity index (χ2n) is 3.81. The summed E-state index contributed by atoms with van der Waals surface area (Å²) >= 11 is 0. The Bertz CT molecular complexity index is 487. The largest absolute Gasteiger partial charge is 0.373 e. The molecule has 0 atom stereocenters. The highest BCUT2D eigenvalue weighted by atomic mass is 16.5. The molecule has 0 saturated heterocycles. The van der Waals surface area contributed by atoms with E-state index in [-0.39, 0.29) is 0 Å². The van der Waals surface area contributed by atoms with Crippen molar-refractivity contribution in [2.24, 2.45) is 0 Å². The van der Waals surface area contributed by atoms with E-state index in [1.165, 1.54) is 0 Å². The van der Waals surface area contributed by atoms with Crippen molar-refractivity contribution in [3.8, 4) is 0 Å². The van der Waals surface area contributed by atoms with Gasteiger partial charge in [-0.2, -0.15) is 0 Å². The Morgan fingerprint density at radius 3 is 2.65 bits per heavy atom. The SMILES string of the molecule is CNc1cccc(NCc2c(C)noc2C)n1. The zero-order chi connectivity index (χ0) is 12.3. The molecule has 5 nitrogen and oxygen atoms in total. The predicted molar refractivity (Wildman–Crippen MR) is 67.1 cm³/mol. The van der Waals surface area contributed by atoms with Crippen molar-refractivity contribution in [2.45, 2.75) is 20.4 Å². The number of rotatable bonds is 4. The van der Waals surface area contributed by atoms with E-state index in [0.717, 1.165) is 28.7 Å². The maximum atomic E-state index is 5.11. The molecule has 5 heteroatoms. The van der Waals surface area contributed by atoms with Crippen LogP contribution < -0.4 is 10.6 Å². The molecule has 17 heavy (non-hydrogen) atoms. The van der Waals surface area contributed by atoms with Crippen LogP contribution in [-0.4, -0.2) is 17.2 Å². The fraction of sp³-hybridized carbons (Fsp3) is 0.333. The first-order valence-corrected chi connectivity index (χ1v) is 5.51. The molecule has 2 rings (SSSR count). The third-order valence-electron chi connectivity index (χ3n) is 2.63. The van der Waals surface area contributed by atoms with Gasteiger partial charge in [0.2, 0.25) is 0 Å². The molecule has 0 amide bonds. The topological polar surface area (TPSA) is 63.0 Å². The molecule has 2 aromatic rings. The van der Waals surface area contributed by atoms with E-state index in [1.807, 2.05) is 39.1 Å². The zero-order valence-corrected chi connectivity index (χ0v) is 10.2. The summed E-state index contributed by atoms with van der Waals surface area (Å²) < 4.78 is 5.11. The Morgan fingerprint density at radius 1 is 1.24 bits per heavy atom. The second-order valence-corrected chi connectivity index (χ2v) is 3.81. The molecule has 0 fully saturated rings. The molecule has 0 radical (unpaired) electrons.